The van der Waals surface area contributed by atoms with Crippen LogP contribution < -0.4 is 19.7 Å². The first-order valence-electron chi connectivity index (χ1n) is 8.95. The summed E-state index contributed by atoms with van der Waals surface area (Å²) in [4.78, 5) is 26.6. The number of nitrogens with one attached hydrogen (secondary N) is 1. The Kier molecular flexibility index (Phi) is 5.64. The van der Waals surface area contributed by atoms with Gasteiger partial charge in [-0.05, 0) is 32.0 Å². The summed E-state index contributed by atoms with van der Waals surface area (Å²) in [6, 6.07) is 12.9. The third kappa shape index (κ3) is 4.22. The van der Waals surface area contributed by atoms with Crippen molar-refractivity contribution in [3.05, 3.63) is 53.6 Å². The molecule has 0 spiro atoms. The Labute approximate surface area is 159 Å². The standard InChI is InChI=1S/C21H24N2O4/c1-14-8-9-18(26-3)16(12-14)15(2)22-20(24)13-23-17-6-4-5-7-19(17)27-11-10-21(23)25/h4-9,12,15H,10-11,13H2,1-3H3,(H,22,24)/t15-/m1/s1. The van der Waals surface area contributed by atoms with E-state index < -0.39 is 0 Å². The molecule has 2 aromatic carbocycles. The third-order valence-corrected chi connectivity index (χ3v) is 4.56. The predicted octanol–water partition coefficient (Wildman–Crippen LogP) is 3.00. The number of fused-ring (bicyclic) bond motifs is 1. The quantitative estimate of drug-likeness (QED) is 0.881. The second-order valence-electron chi connectivity index (χ2n) is 6.58. The van der Waals surface area contributed by atoms with Gasteiger partial charge in [-0.2, -0.15) is 0 Å². The normalized spacial score (nSPS) is 14.6. The molecule has 0 saturated carbocycles. The van der Waals surface area contributed by atoms with Crippen molar-refractivity contribution in [3.63, 3.8) is 0 Å². The molecule has 0 bridgehead atoms. The number of hydrogen-bond donors (Lipinski definition) is 1. The van der Waals surface area contributed by atoms with Gasteiger partial charge in [0.05, 0.1) is 31.9 Å². The van der Waals surface area contributed by atoms with E-state index in [2.05, 4.69) is 5.32 Å². The number of anilines is 1. The molecule has 0 radical (unpaired) electrons. The molecule has 0 saturated heterocycles. The lowest BCUT2D eigenvalue weighted by Crippen LogP contribution is -2.41. The number of methoxy groups -OCH3 is 1. The van der Waals surface area contributed by atoms with Crippen molar-refractivity contribution >= 4 is 17.5 Å². The Morgan fingerprint density at radius 2 is 2.07 bits per heavy atom. The van der Waals surface area contributed by atoms with E-state index in [9.17, 15) is 9.59 Å². The molecule has 6 heteroatoms. The number of carbonyl (C=O) groups is 2. The fourth-order valence-electron chi connectivity index (χ4n) is 3.19. The average molecular weight is 368 g/mol. The molecule has 2 amide bonds. The second-order valence-corrected chi connectivity index (χ2v) is 6.58. The molecule has 0 aromatic heterocycles. The number of para-hydroxylation sites is 2. The highest BCUT2D eigenvalue weighted by Gasteiger charge is 2.25. The fourth-order valence-corrected chi connectivity index (χ4v) is 3.19. The number of carbonyl (C=O) groups excluding carboxylic acids is 2. The van der Waals surface area contributed by atoms with Crippen molar-refractivity contribution in [2.45, 2.75) is 26.3 Å². The van der Waals surface area contributed by atoms with Gasteiger partial charge in [0.1, 0.15) is 18.0 Å². The Balaban J connectivity index is 1.76. The van der Waals surface area contributed by atoms with Crippen LogP contribution in [0, 0.1) is 6.92 Å². The van der Waals surface area contributed by atoms with E-state index >= 15 is 0 Å². The van der Waals surface area contributed by atoms with E-state index in [1.807, 2.05) is 44.2 Å². The highest BCUT2D eigenvalue weighted by Crippen LogP contribution is 2.31. The number of nitrogens with zero attached hydrogens (tertiary/aromatic N) is 1. The number of rotatable bonds is 5. The van der Waals surface area contributed by atoms with Crippen molar-refractivity contribution in [2.24, 2.45) is 0 Å². The van der Waals surface area contributed by atoms with Crippen molar-refractivity contribution in [2.75, 3.05) is 25.2 Å². The number of ether oxygens (including phenoxy) is 2. The van der Waals surface area contributed by atoms with Crippen LogP contribution in [0.1, 0.15) is 30.5 Å². The summed E-state index contributed by atoms with van der Waals surface area (Å²) in [5.41, 5.74) is 2.60. The number of hydrogen-bond acceptors (Lipinski definition) is 4. The van der Waals surface area contributed by atoms with Crippen LogP contribution in [0.2, 0.25) is 0 Å². The minimum Gasteiger partial charge on any atom is -0.496 e. The minimum absolute atomic E-state index is 0.0579. The maximum Gasteiger partial charge on any atom is 0.240 e. The smallest absolute Gasteiger partial charge is 0.240 e. The molecule has 0 unspecified atom stereocenters. The van der Waals surface area contributed by atoms with E-state index in [1.54, 1.807) is 19.2 Å². The van der Waals surface area contributed by atoms with E-state index in [-0.39, 0.29) is 30.8 Å². The molecule has 27 heavy (non-hydrogen) atoms. The van der Waals surface area contributed by atoms with Gasteiger partial charge in [0.25, 0.3) is 0 Å². The monoisotopic (exact) mass is 368 g/mol. The lowest BCUT2D eigenvalue weighted by molar-refractivity contribution is -0.124. The van der Waals surface area contributed by atoms with Gasteiger partial charge in [0.15, 0.2) is 0 Å². The first kappa shape index (κ1) is 18.8. The van der Waals surface area contributed by atoms with Crippen molar-refractivity contribution in [3.8, 4) is 11.5 Å². The first-order chi connectivity index (χ1) is 13.0. The minimum atomic E-state index is -0.249. The zero-order valence-electron chi connectivity index (χ0n) is 15.8. The van der Waals surface area contributed by atoms with Crippen LogP contribution in [-0.4, -0.2) is 32.1 Å². The second kappa shape index (κ2) is 8.12. The van der Waals surface area contributed by atoms with Crippen LogP contribution in [0.3, 0.4) is 0 Å². The molecule has 2 aromatic rings. The zero-order valence-corrected chi connectivity index (χ0v) is 15.8. The summed E-state index contributed by atoms with van der Waals surface area (Å²) in [7, 11) is 1.61. The van der Waals surface area contributed by atoms with Gasteiger partial charge in [-0.3, -0.25) is 14.5 Å². The van der Waals surface area contributed by atoms with Gasteiger partial charge in [0.2, 0.25) is 11.8 Å². The molecule has 1 atom stereocenters. The third-order valence-electron chi connectivity index (χ3n) is 4.56. The maximum atomic E-state index is 12.7. The van der Waals surface area contributed by atoms with Crippen LogP contribution >= 0.6 is 0 Å². The summed E-state index contributed by atoms with van der Waals surface area (Å²) < 4.78 is 11.0. The molecule has 0 aliphatic carbocycles. The molecule has 0 fully saturated rings. The van der Waals surface area contributed by atoms with E-state index in [0.717, 1.165) is 16.9 Å². The first-order valence-corrected chi connectivity index (χ1v) is 8.95. The predicted molar refractivity (Wildman–Crippen MR) is 103 cm³/mol. The van der Waals surface area contributed by atoms with Crippen molar-refractivity contribution < 1.29 is 19.1 Å². The lowest BCUT2D eigenvalue weighted by Gasteiger charge is -2.23. The largest absolute Gasteiger partial charge is 0.496 e. The number of aryl methyl sites for hydroxylation is 1. The van der Waals surface area contributed by atoms with Crippen LogP contribution in [0.15, 0.2) is 42.5 Å². The van der Waals surface area contributed by atoms with Gasteiger partial charge in [-0.1, -0.05) is 29.8 Å². The molecule has 3 rings (SSSR count). The summed E-state index contributed by atoms with van der Waals surface area (Å²) in [6.45, 7) is 4.14. The topological polar surface area (TPSA) is 67.9 Å². The molecule has 142 valence electrons. The molecule has 6 nitrogen and oxygen atoms in total. The number of amides is 2. The van der Waals surface area contributed by atoms with E-state index in [0.29, 0.717) is 18.0 Å². The van der Waals surface area contributed by atoms with E-state index in [4.69, 9.17) is 9.47 Å². The lowest BCUT2D eigenvalue weighted by atomic mass is 10.0. The molecule has 1 aliphatic rings. The molecule has 1 aliphatic heterocycles. The Morgan fingerprint density at radius 3 is 2.85 bits per heavy atom. The van der Waals surface area contributed by atoms with Crippen LogP contribution in [0.25, 0.3) is 0 Å². The van der Waals surface area contributed by atoms with Crippen LogP contribution in [0.4, 0.5) is 5.69 Å². The summed E-state index contributed by atoms with van der Waals surface area (Å²) in [6.07, 6.45) is 0.239. The SMILES string of the molecule is COc1ccc(C)cc1[C@@H](C)NC(=O)CN1C(=O)CCOc2ccccc21. The van der Waals surface area contributed by atoms with Gasteiger partial charge < -0.3 is 14.8 Å². The van der Waals surface area contributed by atoms with Gasteiger partial charge >= 0.3 is 0 Å². The van der Waals surface area contributed by atoms with Crippen molar-refractivity contribution in [1.29, 1.82) is 0 Å². The van der Waals surface area contributed by atoms with Gasteiger partial charge in [-0.15, -0.1) is 0 Å². The maximum absolute atomic E-state index is 12.7. The summed E-state index contributed by atoms with van der Waals surface area (Å²) in [5.74, 6) is 0.967. The Hall–Kier alpha value is -3.02. The average Bonchev–Trinajstić information content (AvgIpc) is 2.81. The fraction of sp³-hybridized carbons (Fsp3) is 0.333. The molecular weight excluding hydrogens is 344 g/mol. The van der Waals surface area contributed by atoms with Crippen LogP contribution in [0.5, 0.6) is 11.5 Å². The Morgan fingerprint density at radius 1 is 1.30 bits per heavy atom. The Bertz CT molecular complexity index is 850. The van der Waals surface area contributed by atoms with Crippen LogP contribution in [-0.2, 0) is 9.59 Å². The zero-order chi connectivity index (χ0) is 19.4. The summed E-state index contributed by atoms with van der Waals surface area (Å²) in [5, 5.41) is 2.96. The van der Waals surface area contributed by atoms with Gasteiger partial charge in [0, 0.05) is 5.56 Å². The molecule has 1 N–H and O–H groups in total. The van der Waals surface area contributed by atoms with Gasteiger partial charge in [-0.25, -0.2) is 0 Å². The van der Waals surface area contributed by atoms with Crippen molar-refractivity contribution in [1.82, 2.24) is 5.32 Å². The summed E-state index contributed by atoms with van der Waals surface area (Å²) >= 11 is 0. The highest BCUT2D eigenvalue weighted by atomic mass is 16.5. The van der Waals surface area contributed by atoms with E-state index in [1.165, 1.54) is 4.90 Å². The number of benzene rings is 2. The molecule has 1 heterocycles. The molecular formula is C21H24N2O4. The highest BCUT2D eigenvalue weighted by molar-refractivity contribution is 6.00.